The first-order valence-corrected chi connectivity index (χ1v) is 11.2. The summed E-state index contributed by atoms with van der Waals surface area (Å²) in [7, 11) is 2.80. The fraction of sp³-hybridized carbons (Fsp3) is 0.565. The van der Waals surface area contributed by atoms with E-state index < -0.39 is 40.1 Å². The molecule has 2 rings (SSSR count). The van der Waals surface area contributed by atoms with Gasteiger partial charge in [0.1, 0.15) is 6.04 Å². The van der Waals surface area contributed by atoms with Gasteiger partial charge in [0.05, 0.1) is 16.0 Å². The Kier molecular flexibility index (Phi) is 8.80. The van der Waals surface area contributed by atoms with Crippen LogP contribution in [0.3, 0.4) is 0 Å². The van der Waals surface area contributed by atoms with Crippen LogP contribution in [0.25, 0.3) is 0 Å². The van der Waals surface area contributed by atoms with E-state index in [4.69, 9.17) is 16.3 Å². The number of hydrogen-bond donors (Lipinski definition) is 0. The van der Waals surface area contributed by atoms with Crippen molar-refractivity contribution in [3.63, 3.8) is 0 Å². The van der Waals surface area contributed by atoms with Gasteiger partial charge in [0.2, 0.25) is 18.2 Å². The quantitative estimate of drug-likeness (QED) is 0.298. The summed E-state index contributed by atoms with van der Waals surface area (Å²) < 4.78 is 44.5. The third kappa shape index (κ3) is 7.09. The van der Waals surface area contributed by atoms with Crippen LogP contribution >= 0.6 is 11.6 Å². The summed E-state index contributed by atoms with van der Waals surface area (Å²) in [5.74, 6) is -1.42. The van der Waals surface area contributed by atoms with Gasteiger partial charge in [0, 0.05) is 33.6 Å². The SMILES string of the molecule is CN(COC(=O)C(C)(C)C)C(=O)C(CCC(=O)N1Cc2cc(Cl)c(C(F)(F)F)cc2C1)N(C)C=O. The summed E-state index contributed by atoms with van der Waals surface area (Å²) in [6.07, 6.45) is -4.30. The Bertz CT molecular complexity index is 994. The van der Waals surface area contributed by atoms with E-state index in [1.165, 1.54) is 25.1 Å². The van der Waals surface area contributed by atoms with Crippen molar-refractivity contribution in [2.24, 2.45) is 5.41 Å². The molecule has 0 saturated carbocycles. The minimum Gasteiger partial charge on any atom is -0.444 e. The number of nitrogens with zero attached hydrogens (tertiary/aromatic N) is 3. The van der Waals surface area contributed by atoms with Crippen LogP contribution in [0.5, 0.6) is 0 Å². The molecule has 0 saturated heterocycles. The summed E-state index contributed by atoms with van der Waals surface area (Å²) in [5, 5.41) is -0.431. The van der Waals surface area contributed by atoms with E-state index in [1.54, 1.807) is 20.8 Å². The number of alkyl halides is 3. The van der Waals surface area contributed by atoms with E-state index >= 15 is 0 Å². The number of esters is 1. The van der Waals surface area contributed by atoms with Gasteiger partial charge in [0.15, 0.2) is 6.73 Å². The Morgan fingerprint density at radius 2 is 1.71 bits per heavy atom. The Labute approximate surface area is 206 Å². The van der Waals surface area contributed by atoms with Crippen LogP contribution in [0.4, 0.5) is 13.2 Å². The van der Waals surface area contributed by atoms with E-state index in [-0.39, 0.29) is 38.6 Å². The molecule has 8 nitrogen and oxygen atoms in total. The van der Waals surface area contributed by atoms with E-state index in [0.29, 0.717) is 17.5 Å². The highest BCUT2D eigenvalue weighted by atomic mass is 35.5. The molecular weight excluding hydrogens is 491 g/mol. The minimum absolute atomic E-state index is 0.0147. The molecule has 1 heterocycles. The molecule has 1 unspecified atom stereocenters. The Morgan fingerprint density at radius 1 is 1.14 bits per heavy atom. The Morgan fingerprint density at radius 3 is 2.23 bits per heavy atom. The minimum atomic E-state index is -4.61. The molecule has 194 valence electrons. The molecule has 1 atom stereocenters. The lowest BCUT2D eigenvalue weighted by atomic mass is 9.98. The van der Waals surface area contributed by atoms with Gasteiger partial charge in [-0.1, -0.05) is 11.6 Å². The maximum absolute atomic E-state index is 13.1. The second-order valence-corrected chi connectivity index (χ2v) is 9.93. The number of carbonyl (C=O) groups is 4. The molecule has 35 heavy (non-hydrogen) atoms. The van der Waals surface area contributed by atoms with Crippen LogP contribution in [-0.4, -0.2) is 65.8 Å². The molecule has 0 spiro atoms. The van der Waals surface area contributed by atoms with Crippen molar-refractivity contribution in [2.45, 2.75) is 58.9 Å². The van der Waals surface area contributed by atoms with Crippen LogP contribution in [0.2, 0.25) is 5.02 Å². The molecule has 0 aromatic heterocycles. The molecule has 1 aromatic rings. The molecule has 0 N–H and O–H groups in total. The molecule has 1 aliphatic rings. The van der Waals surface area contributed by atoms with Crippen molar-refractivity contribution in [3.8, 4) is 0 Å². The smallest absolute Gasteiger partial charge is 0.417 e. The first-order chi connectivity index (χ1) is 16.1. The molecule has 3 amide bonds. The number of hydrogen-bond acceptors (Lipinski definition) is 5. The molecule has 0 radical (unpaired) electrons. The molecule has 0 aliphatic carbocycles. The Hall–Kier alpha value is -2.82. The van der Waals surface area contributed by atoms with Crippen LogP contribution < -0.4 is 0 Å². The average Bonchev–Trinajstić information content (AvgIpc) is 3.17. The third-order valence-electron chi connectivity index (χ3n) is 5.62. The van der Waals surface area contributed by atoms with Gasteiger partial charge in [-0.15, -0.1) is 0 Å². The zero-order chi connectivity index (χ0) is 26.7. The lowest BCUT2D eigenvalue weighted by molar-refractivity contribution is -0.161. The van der Waals surface area contributed by atoms with E-state index in [2.05, 4.69) is 0 Å². The van der Waals surface area contributed by atoms with Crippen molar-refractivity contribution < 1.29 is 37.1 Å². The fourth-order valence-electron chi connectivity index (χ4n) is 3.50. The number of ether oxygens (including phenoxy) is 1. The summed E-state index contributed by atoms with van der Waals surface area (Å²) in [5.41, 5.74) is -0.837. The normalized spacial score (nSPS) is 14.3. The standard InChI is InChI=1S/C23H29ClF3N3O5/c1-22(2,3)21(34)35-13-29(5)20(33)18(28(4)12-31)6-7-19(32)30-10-14-8-16(23(25,26)27)17(24)9-15(14)11-30/h8-9,12,18H,6-7,10-11,13H2,1-5H3. The van der Waals surface area contributed by atoms with Gasteiger partial charge in [0.25, 0.3) is 0 Å². The van der Waals surface area contributed by atoms with Gasteiger partial charge < -0.3 is 19.4 Å². The predicted molar refractivity (Wildman–Crippen MR) is 121 cm³/mol. The summed E-state index contributed by atoms with van der Waals surface area (Å²) in [4.78, 5) is 52.6. The first-order valence-electron chi connectivity index (χ1n) is 10.8. The zero-order valence-corrected chi connectivity index (χ0v) is 21.0. The van der Waals surface area contributed by atoms with Crippen molar-refractivity contribution in [1.82, 2.24) is 14.7 Å². The number of fused-ring (bicyclic) bond motifs is 1. The number of likely N-dealkylation sites (N-methyl/N-ethyl adjacent to an activating group) is 2. The van der Waals surface area contributed by atoms with E-state index in [0.717, 1.165) is 15.9 Å². The maximum atomic E-state index is 13.1. The van der Waals surface area contributed by atoms with Crippen LogP contribution in [-0.2, 0) is 43.2 Å². The van der Waals surface area contributed by atoms with Crippen LogP contribution in [0.15, 0.2) is 12.1 Å². The zero-order valence-electron chi connectivity index (χ0n) is 20.2. The number of amides is 3. The molecule has 1 aliphatic heterocycles. The Balaban J connectivity index is 2.02. The summed E-state index contributed by atoms with van der Waals surface area (Å²) >= 11 is 5.77. The highest BCUT2D eigenvalue weighted by molar-refractivity contribution is 6.31. The lowest BCUT2D eigenvalue weighted by Gasteiger charge is -2.29. The van der Waals surface area contributed by atoms with Gasteiger partial charge in [-0.3, -0.25) is 19.2 Å². The van der Waals surface area contributed by atoms with E-state index in [9.17, 15) is 32.3 Å². The van der Waals surface area contributed by atoms with Gasteiger partial charge in [-0.05, 0) is 50.5 Å². The van der Waals surface area contributed by atoms with Gasteiger partial charge in [-0.25, -0.2) is 0 Å². The van der Waals surface area contributed by atoms with Crippen molar-refractivity contribution in [3.05, 3.63) is 33.8 Å². The highest BCUT2D eigenvalue weighted by Gasteiger charge is 2.36. The molecule has 0 bridgehead atoms. The summed E-state index contributed by atoms with van der Waals surface area (Å²) in [6.45, 7) is 4.76. The number of halogens is 4. The van der Waals surface area contributed by atoms with Crippen molar-refractivity contribution in [1.29, 1.82) is 0 Å². The second kappa shape index (κ2) is 10.8. The third-order valence-corrected chi connectivity index (χ3v) is 5.93. The molecule has 12 heteroatoms. The predicted octanol–water partition coefficient (Wildman–Crippen LogP) is 3.44. The fourth-order valence-corrected chi connectivity index (χ4v) is 3.79. The molecular formula is C23H29ClF3N3O5. The van der Waals surface area contributed by atoms with Crippen LogP contribution in [0, 0.1) is 5.41 Å². The highest BCUT2D eigenvalue weighted by Crippen LogP contribution is 2.38. The topological polar surface area (TPSA) is 87.2 Å². The number of rotatable bonds is 8. The van der Waals surface area contributed by atoms with E-state index in [1.807, 2.05) is 0 Å². The largest absolute Gasteiger partial charge is 0.444 e. The van der Waals surface area contributed by atoms with Gasteiger partial charge in [-0.2, -0.15) is 13.2 Å². The number of benzene rings is 1. The van der Waals surface area contributed by atoms with Crippen molar-refractivity contribution in [2.75, 3.05) is 20.8 Å². The first kappa shape index (κ1) is 28.4. The van der Waals surface area contributed by atoms with Crippen molar-refractivity contribution >= 4 is 35.8 Å². The van der Waals surface area contributed by atoms with Gasteiger partial charge >= 0.3 is 12.1 Å². The number of carbonyl (C=O) groups excluding carboxylic acids is 4. The van der Waals surface area contributed by atoms with Crippen LogP contribution in [0.1, 0.15) is 50.3 Å². The average molecular weight is 520 g/mol. The molecule has 1 aromatic carbocycles. The lowest BCUT2D eigenvalue weighted by Crippen LogP contribution is -2.47. The monoisotopic (exact) mass is 519 g/mol. The molecule has 0 fully saturated rings. The second-order valence-electron chi connectivity index (χ2n) is 9.52. The maximum Gasteiger partial charge on any atom is 0.417 e. The summed E-state index contributed by atoms with van der Waals surface area (Å²) in [6, 6.07) is 1.17.